The van der Waals surface area contributed by atoms with Crippen LogP contribution in [-0.2, 0) is 0 Å². The highest BCUT2D eigenvalue weighted by Crippen LogP contribution is 2.24. The van der Waals surface area contributed by atoms with Crippen LogP contribution in [0.4, 0.5) is 11.5 Å². The van der Waals surface area contributed by atoms with Crippen LogP contribution in [0.3, 0.4) is 0 Å². The van der Waals surface area contributed by atoms with Gasteiger partial charge in [-0.15, -0.1) is 0 Å². The SMILES string of the molecule is CCCCCNC(=O)c1cc(Nc2ccccc2Cl)nc(C)n1. The fourth-order valence-corrected chi connectivity index (χ4v) is 2.30. The van der Waals surface area contributed by atoms with Gasteiger partial charge in [-0.05, 0) is 25.5 Å². The summed E-state index contributed by atoms with van der Waals surface area (Å²) < 4.78 is 0. The standard InChI is InChI=1S/C17H21ClN4O/c1-3-4-7-10-19-17(23)15-11-16(21-12(2)20-15)22-14-9-6-5-8-13(14)18/h5-6,8-9,11H,3-4,7,10H2,1-2H3,(H,19,23)(H,20,21,22). The Kier molecular flexibility index (Phi) is 6.35. The number of aromatic nitrogens is 2. The van der Waals surface area contributed by atoms with Gasteiger partial charge in [-0.3, -0.25) is 4.79 Å². The normalized spacial score (nSPS) is 10.4. The third-order valence-electron chi connectivity index (χ3n) is 3.27. The molecule has 0 unspecified atom stereocenters. The molecule has 0 radical (unpaired) electrons. The van der Waals surface area contributed by atoms with E-state index in [1.165, 1.54) is 0 Å². The third kappa shape index (κ3) is 5.21. The maximum absolute atomic E-state index is 12.2. The molecule has 0 aliphatic carbocycles. The van der Waals surface area contributed by atoms with Crippen molar-refractivity contribution in [1.82, 2.24) is 15.3 Å². The first-order valence-corrected chi connectivity index (χ1v) is 8.13. The molecule has 2 rings (SSSR count). The van der Waals surface area contributed by atoms with E-state index in [9.17, 15) is 4.79 Å². The van der Waals surface area contributed by atoms with E-state index >= 15 is 0 Å². The molecule has 2 aromatic rings. The predicted octanol–water partition coefficient (Wildman–Crippen LogP) is 4.10. The van der Waals surface area contributed by atoms with Crippen LogP contribution in [0.5, 0.6) is 0 Å². The Hall–Kier alpha value is -2.14. The molecular weight excluding hydrogens is 312 g/mol. The first kappa shape index (κ1) is 17.2. The lowest BCUT2D eigenvalue weighted by Crippen LogP contribution is -2.25. The second kappa shape index (κ2) is 8.48. The summed E-state index contributed by atoms with van der Waals surface area (Å²) in [5.41, 5.74) is 1.09. The molecule has 0 atom stereocenters. The van der Waals surface area contributed by atoms with Gasteiger partial charge in [-0.2, -0.15) is 0 Å². The molecule has 122 valence electrons. The number of carbonyl (C=O) groups excluding carboxylic acids is 1. The highest BCUT2D eigenvalue weighted by molar-refractivity contribution is 6.33. The fraction of sp³-hybridized carbons (Fsp3) is 0.353. The number of anilines is 2. The number of rotatable bonds is 7. The Morgan fingerprint density at radius 1 is 1.22 bits per heavy atom. The Morgan fingerprint density at radius 2 is 2.00 bits per heavy atom. The minimum atomic E-state index is -0.186. The molecule has 0 saturated heterocycles. The molecule has 0 bridgehead atoms. The van der Waals surface area contributed by atoms with Crippen molar-refractivity contribution in [3.63, 3.8) is 0 Å². The number of halogens is 1. The quantitative estimate of drug-likeness (QED) is 0.749. The molecular formula is C17H21ClN4O. The predicted molar refractivity (Wildman–Crippen MR) is 93.4 cm³/mol. The lowest BCUT2D eigenvalue weighted by molar-refractivity contribution is 0.0947. The Morgan fingerprint density at radius 3 is 2.74 bits per heavy atom. The fourth-order valence-electron chi connectivity index (χ4n) is 2.12. The number of benzene rings is 1. The van der Waals surface area contributed by atoms with Gasteiger partial charge in [0.25, 0.3) is 5.91 Å². The van der Waals surface area contributed by atoms with Crippen molar-refractivity contribution < 1.29 is 4.79 Å². The van der Waals surface area contributed by atoms with E-state index in [0.717, 1.165) is 24.9 Å². The van der Waals surface area contributed by atoms with Crippen LogP contribution >= 0.6 is 11.6 Å². The summed E-state index contributed by atoms with van der Waals surface area (Å²) in [5, 5.41) is 6.59. The topological polar surface area (TPSA) is 66.9 Å². The van der Waals surface area contributed by atoms with Crippen LogP contribution in [-0.4, -0.2) is 22.4 Å². The Labute approximate surface area is 141 Å². The van der Waals surface area contributed by atoms with Crippen LogP contribution in [0.25, 0.3) is 0 Å². The lowest BCUT2D eigenvalue weighted by Gasteiger charge is -2.10. The van der Waals surface area contributed by atoms with E-state index in [-0.39, 0.29) is 5.91 Å². The molecule has 0 fully saturated rings. The van der Waals surface area contributed by atoms with Crippen LogP contribution in [0, 0.1) is 6.92 Å². The monoisotopic (exact) mass is 332 g/mol. The Balaban J connectivity index is 2.09. The third-order valence-corrected chi connectivity index (χ3v) is 3.60. The average molecular weight is 333 g/mol. The smallest absolute Gasteiger partial charge is 0.270 e. The molecule has 0 spiro atoms. The number of nitrogens with zero attached hydrogens (tertiary/aromatic N) is 2. The first-order valence-electron chi connectivity index (χ1n) is 7.75. The summed E-state index contributed by atoms with van der Waals surface area (Å²) in [5.74, 6) is 0.888. The van der Waals surface area contributed by atoms with E-state index in [1.807, 2.05) is 18.2 Å². The number of amides is 1. The molecule has 2 N–H and O–H groups in total. The largest absolute Gasteiger partial charge is 0.351 e. The van der Waals surface area contributed by atoms with E-state index in [4.69, 9.17) is 11.6 Å². The molecule has 23 heavy (non-hydrogen) atoms. The molecule has 1 amide bonds. The Bertz CT molecular complexity index is 675. The summed E-state index contributed by atoms with van der Waals surface area (Å²) >= 11 is 6.13. The number of unbranched alkanes of at least 4 members (excludes halogenated alkanes) is 2. The van der Waals surface area contributed by atoms with Gasteiger partial charge in [-0.1, -0.05) is 43.5 Å². The average Bonchev–Trinajstić information content (AvgIpc) is 2.53. The van der Waals surface area contributed by atoms with E-state index in [0.29, 0.717) is 28.9 Å². The van der Waals surface area contributed by atoms with Gasteiger partial charge in [0, 0.05) is 12.6 Å². The van der Waals surface area contributed by atoms with Crippen molar-refractivity contribution in [2.45, 2.75) is 33.1 Å². The summed E-state index contributed by atoms with van der Waals surface area (Å²) in [4.78, 5) is 20.7. The van der Waals surface area contributed by atoms with Gasteiger partial charge in [-0.25, -0.2) is 9.97 Å². The maximum Gasteiger partial charge on any atom is 0.270 e. The van der Waals surface area contributed by atoms with E-state index in [2.05, 4.69) is 27.5 Å². The van der Waals surface area contributed by atoms with Gasteiger partial charge in [0.05, 0.1) is 10.7 Å². The van der Waals surface area contributed by atoms with Gasteiger partial charge in [0.1, 0.15) is 17.3 Å². The first-order chi connectivity index (χ1) is 11.1. The van der Waals surface area contributed by atoms with Gasteiger partial charge in [0.15, 0.2) is 0 Å². The lowest BCUT2D eigenvalue weighted by atomic mass is 10.2. The van der Waals surface area contributed by atoms with Crippen LogP contribution in [0.1, 0.15) is 42.5 Å². The number of nitrogens with one attached hydrogen (secondary N) is 2. The number of hydrogen-bond donors (Lipinski definition) is 2. The van der Waals surface area contributed by atoms with Crippen molar-refractivity contribution in [3.8, 4) is 0 Å². The molecule has 1 aromatic heterocycles. The van der Waals surface area contributed by atoms with Crippen molar-refractivity contribution in [1.29, 1.82) is 0 Å². The van der Waals surface area contributed by atoms with Crippen molar-refractivity contribution in [2.75, 3.05) is 11.9 Å². The van der Waals surface area contributed by atoms with Crippen LogP contribution in [0.2, 0.25) is 5.02 Å². The number of hydrogen-bond acceptors (Lipinski definition) is 4. The maximum atomic E-state index is 12.2. The second-order valence-electron chi connectivity index (χ2n) is 5.25. The van der Waals surface area contributed by atoms with Gasteiger partial charge >= 0.3 is 0 Å². The van der Waals surface area contributed by atoms with E-state index in [1.54, 1.807) is 19.1 Å². The molecule has 6 heteroatoms. The number of aryl methyl sites for hydroxylation is 1. The van der Waals surface area contributed by atoms with Crippen LogP contribution < -0.4 is 10.6 Å². The minimum Gasteiger partial charge on any atom is -0.351 e. The zero-order chi connectivity index (χ0) is 16.7. The summed E-state index contributed by atoms with van der Waals surface area (Å²) in [6.07, 6.45) is 3.19. The molecule has 1 aromatic carbocycles. The highest BCUT2D eigenvalue weighted by Gasteiger charge is 2.11. The van der Waals surface area contributed by atoms with Gasteiger partial charge in [0.2, 0.25) is 0 Å². The molecule has 1 heterocycles. The summed E-state index contributed by atoms with van der Waals surface area (Å²) in [7, 11) is 0. The van der Waals surface area contributed by atoms with Crippen molar-refractivity contribution >= 4 is 29.0 Å². The summed E-state index contributed by atoms with van der Waals surface area (Å²) in [6.45, 7) is 4.54. The number of para-hydroxylation sites is 1. The van der Waals surface area contributed by atoms with Crippen molar-refractivity contribution in [3.05, 3.63) is 46.9 Å². The molecule has 5 nitrogen and oxygen atoms in total. The molecule has 0 aliphatic heterocycles. The zero-order valence-corrected chi connectivity index (χ0v) is 14.2. The molecule has 0 saturated carbocycles. The second-order valence-corrected chi connectivity index (χ2v) is 5.66. The van der Waals surface area contributed by atoms with Crippen molar-refractivity contribution in [2.24, 2.45) is 0 Å². The number of carbonyl (C=O) groups is 1. The van der Waals surface area contributed by atoms with E-state index < -0.39 is 0 Å². The minimum absolute atomic E-state index is 0.186. The highest BCUT2D eigenvalue weighted by atomic mass is 35.5. The van der Waals surface area contributed by atoms with Gasteiger partial charge < -0.3 is 10.6 Å². The van der Waals surface area contributed by atoms with Crippen LogP contribution in [0.15, 0.2) is 30.3 Å². The summed E-state index contributed by atoms with van der Waals surface area (Å²) in [6, 6.07) is 9.01. The molecule has 0 aliphatic rings. The zero-order valence-electron chi connectivity index (χ0n) is 13.4.